The summed E-state index contributed by atoms with van der Waals surface area (Å²) >= 11 is 0. The Kier molecular flexibility index (Phi) is 15.5. The second-order valence-corrected chi connectivity index (χ2v) is 7.65. The molecule has 0 saturated carbocycles. The van der Waals surface area contributed by atoms with Gasteiger partial charge >= 0.3 is 41.5 Å². The number of carboxylic acid groups (broad SMARTS) is 2. The number of aliphatic carboxylic acids is 2. The van der Waals surface area contributed by atoms with Gasteiger partial charge in [0.15, 0.2) is 0 Å². The van der Waals surface area contributed by atoms with Gasteiger partial charge in [0.25, 0.3) is 0 Å². The molecule has 0 aromatic heterocycles. The third-order valence-electron chi connectivity index (χ3n) is 3.47. The minimum absolute atomic E-state index is 0. The van der Waals surface area contributed by atoms with Crippen molar-refractivity contribution in [2.45, 2.75) is 57.8 Å². The number of aliphatic hydroxyl groups is 1. The van der Waals surface area contributed by atoms with E-state index in [9.17, 15) is 14.7 Å². The number of carbonyl (C=O) groups is 2. The van der Waals surface area contributed by atoms with Crippen LogP contribution < -0.4 is 0 Å². The van der Waals surface area contributed by atoms with E-state index in [0.717, 1.165) is 25.7 Å². The summed E-state index contributed by atoms with van der Waals surface area (Å²) in [5.41, 5.74) is -0.541. The molecule has 2 unspecified atom stereocenters. The molecule has 5 nitrogen and oxygen atoms in total. The SMILES string of the molecule is CCCCC(CC)C(O)[SH](CCC(=O)O)CCC(=O)O.[NaH]. The molecule has 0 aromatic carbocycles. The Morgan fingerprint density at radius 3 is 1.86 bits per heavy atom. The molecule has 0 heterocycles. The van der Waals surface area contributed by atoms with Crippen molar-refractivity contribution >= 4 is 52.4 Å². The first-order chi connectivity index (χ1) is 9.42. The predicted molar refractivity (Wildman–Crippen MR) is 89.7 cm³/mol. The van der Waals surface area contributed by atoms with Gasteiger partial charge in [0.2, 0.25) is 0 Å². The van der Waals surface area contributed by atoms with Gasteiger partial charge in [-0.25, -0.2) is 10.9 Å². The van der Waals surface area contributed by atoms with Crippen LogP contribution in [0.2, 0.25) is 0 Å². The summed E-state index contributed by atoms with van der Waals surface area (Å²) in [4.78, 5) is 21.4. The van der Waals surface area contributed by atoms with E-state index in [0.29, 0.717) is 11.5 Å². The van der Waals surface area contributed by atoms with Crippen LogP contribution in [0.4, 0.5) is 0 Å². The van der Waals surface area contributed by atoms with Crippen molar-refractivity contribution in [2.24, 2.45) is 5.92 Å². The summed E-state index contributed by atoms with van der Waals surface area (Å²) in [6, 6.07) is 0. The van der Waals surface area contributed by atoms with Gasteiger partial charge in [-0.1, -0.05) is 33.1 Å². The average Bonchev–Trinajstić information content (AvgIpc) is 2.38. The Morgan fingerprint density at radius 2 is 1.52 bits per heavy atom. The van der Waals surface area contributed by atoms with Crippen molar-refractivity contribution in [1.29, 1.82) is 0 Å². The van der Waals surface area contributed by atoms with E-state index in [1.54, 1.807) is 0 Å². The number of unbranched alkanes of at least 4 members (excludes halogenated alkanes) is 1. The molecule has 0 saturated heterocycles. The molecule has 0 amide bonds. The Hall–Kier alpha value is 0.250. The first kappa shape index (κ1) is 23.5. The summed E-state index contributed by atoms with van der Waals surface area (Å²) in [7, 11) is -0.955. The first-order valence-corrected chi connectivity index (χ1v) is 9.06. The van der Waals surface area contributed by atoms with Crippen molar-refractivity contribution in [2.75, 3.05) is 11.5 Å². The van der Waals surface area contributed by atoms with Crippen LogP contribution in [-0.4, -0.2) is 73.8 Å². The van der Waals surface area contributed by atoms with Crippen molar-refractivity contribution in [3.05, 3.63) is 0 Å². The van der Waals surface area contributed by atoms with E-state index in [4.69, 9.17) is 10.2 Å². The molecule has 0 aliphatic heterocycles. The number of carboxylic acids is 2. The molecule has 0 spiro atoms. The van der Waals surface area contributed by atoms with Gasteiger partial charge < -0.3 is 15.3 Å². The number of aliphatic hydroxyl groups excluding tert-OH is 1. The maximum absolute atomic E-state index is 10.7. The maximum atomic E-state index is 10.7. The quantitative estimate of drug-likeness (QED) is 0.323. The number of thiol groups is 1. The fourth-order valence-corrected chi connectivity index (χ4v) is 4.85. The second kappa shape index (κ2) is 13.9. The van der Waals surface area contributed by atoms with Crippen molar-refractivity contribution < 1.29 is 24.9 Å². The van der Waals surface area contributed by atoms with Crippen LogP contribution >= 0.6 is 10.9 Å². The molecule has 0 aliphatic carbocycles. The predicted octanol–water partition coefficient (Wildman–Crippen LogP) is 1.82. The second-order valence-electron chi connectivity index (χ2n) is 5.05. The van der Waals surface area contributed by atoms with Gasteiger partial charge in [-0.3, -0.25) is 9.59 Å². The molecule has 3 N–H and O–H groups in total. The Labute approximate surface area is 152 Å². The van der Waals surface area contributed by atoms with Gasteiger partial charge in [-0.05, 0) is 23.8 Å². The van der Waals surface area contributed by atoms with Crippen molar-refractivity contribution in [3.8, 4) is 0 Å². The van der Waals surface area contributed by atoms with Gasteiger partial charge in [-0.15, -0.1) is 0 Å². The number of rotatable bonds is 12. The van der Waals surface area contributed by atoms with Gasteiger partial charge in [0.1, 0.15) is 0 Å². The zero-order chi connectivity index (χ0) is 15.5. The Bertz CT molecular complexity index is 283. The summed E-state index contributed by atoms with van der Waals surface area (Å²) in [6.45, 7) is 4.11. The monoisotopic (exact) mass is 332 g/mol. The zero-order valence-corrected chi connectivity index (χ0v) is 13.3. The van der Waals surface area contributed by atoms with Gasteiger partial charge in [-0.2, -0.15) is 0 Å². The number of hydrogen-bond acceptors (Lipinski definition) is 3. The summed E-state index contributed by atoms with van der Waals surface area (Å²) < 4.78 is 0. The Morgan fingerprint density at radius 1 is 1.05 bits per heavy atom. The number of hydrogen-bond donors (Lipinski definition) is 4. The van der Waals surface area contributed by atoms with Crippen molar-refractivity contribution in [3.63, 3.8) is 0 Å². The third kappa shape index (κ3) is 11.5. The van der Waals surface area contributed by atoms with Crippen LogP contribution in [0.15, 0.2) is 0 Å². The van der Waals surface area contributed by atoms with Crippen LogP contribution in [0.3, 0.4) is 0 Å². The van der Waals surface area contributed by atoms with Gasteiger partial charge in [0, 0.05) is 0 Å². The summed E-state index contributed by atoms with van der Waals surface area (Å²) in [5, 5.41) is 28.0. The van der Waals surface area contributed by atoms with E-state index in [-0.39, 0.29) is 48.3 Å². The molecule has 2 atom stereocenters. The summed E-state index contributed by atoms with van der Waals surface area (Å²) in [6.07, 6.45) is 3.88. The molecule has 0 bridgehead atoms. The molecule has 0 fully saturated rings. The first-order valence-electron chi connectivity index (χ1n) is 7.28. The molecule has 0 aliphatic rings. The molecule has 122 valence electrons. The van der Waals surface area contributed by atoms with Crippen LogP contribution in [0.1, 0.15) is 52.4 Å². The fraction of sp³-hybridized carbons (Fsp3) is 0.857. The Balaban J connectivity index is 0. The minimum atomic E-state index is -0.955. The molecule has 7 heteroatoms. The molecule has 0 rings (SSSR count). The molecule has 21 heavy (non-hydrogen) atoms. The van der Waals surface area contributed by atoms with E-state index in [2.05, 4.69) is 6.92 Å². The average molecular weight is 332 g/mol. The molecule has 0 aromatic rings. The van der Waals surface area contributed by atoms with E-state index < -0.39 is 28.3 Å². The molecular weight excluding hydrogens is 303 g/mol. The van der Waals surface area contributed by atoms with Crippen LogP contribution in [0, 0.1) is 5.92 Å². The van der Waals surface area contributed by atoms with E-state index >= 15 is 0 Å². The van der Waals surface area contributed by atoms with Crippen molar-refractivity contribution in [1.82, 2.24) is 0 Å². The zero-order valence-electron chi connectivity index (χ0n) is 12.4. The molecule has 0 radical (unpaired) electrons. The standard InChI is InChI=1S/C14H28O5S.Na.H/c1-3-5-6-11(4-2)14(19)20(9-7-12(15)16)10-8-13(17)18;;/h11,14,19-20H,3-10H2,1-2H3,(H,15,16)(H,17,18);;. The van der Waals surface area contributed by atoms with E-state index in [1.165, 1.54) is 0 Å². The normalized spacial score (nSPS) is 14.0. The van der Waals surface area contributed by atoms with Crippen LogP contribution in [0.5, 0.6) is 0 Å². The fourth-order valence-electron chi connectivity index (χ4n) is 2.18. The summed E-state index contributed by atoms with van der Waals surface area (Å²) in [5.74, 6) is -0.810. The van der Waals surface area contributed by atoms with Crippen LogP contribution in [-0.2, 0) is 9.59 Å². The van der Waals surface area contributed by atoms with E-state index in [1.807, 2.05) is 6.92 Å². The van der Waals surface area contributed by atoms with Crippen LogP contribution in [0.25, 0.3) is 0 Å². The molecular formula is C14H29NaO5S. The van der Waals surface area contributed by atoms with Gasteiger partial charge in [0.05, 0.1) is 18.3 Å². The third-order valence-corrected chi connectivity index (χ3v) is 6.24. The topological polar surface area (TPSA) is 94.8 Å².